The summed E-state index contributed by atoms with van der Waals surface area (Å²) in [5.41, 5.74) is -0.215. The Hall–Kier alpha value is -2.64. The van der Waals surface area contributed by atoms with Crippen LogP contribution in [0.2, 0.25) is 10.0 Å². The van der Waals surface area contributed by atoms with Crippen molar-refractivity contribution in [3.8, 4) is 0 Å². The van der Waals surface area contributed by atoms with Crippen molar-refractivity contribution >= 4 is 46.5 Å². The van der Waals surface area contributed by atoms with Crippen molar-refractivity contribution in [2.45, 2.75) is 0 Å². The van der Waals surface area contributed by atoms with Crippen molar-refractivity contribution in [1.29, 1.82) is 0 Å². The molecule has 0 aromatic heterocycles. The number of nitrogens with one attached hydrogen (secondary N) is 1. The third-order valence-corrected chi connectivity index (χ3v) is 3.49. The SMILES string of the molecule is O=C(Nc1ccc(C(=O)O)c(Cl)c1)c1ccc(Cl)c([N+](=O)[O-])c1. The van der Waals surface area contributed by atoms with E-state index >= 15 is 0 Å². The molecular weight excluding hydrogens is 347 g/mol. The number of hydrogen-bond acceptors (Lipinski definition) is 4. The van der Waals surface area contributed by atoms with Gasteiger partial charge in [-0.25, -0.2) is 4.79 Å². The Morgan fingerprint density at radius 2 is 1.78 bits per heavy atom. The van der Waals surface area contributed by atoms with Crippen LogP contribution in [-0.4, -0.2) is 21.9 Å². The number of aromatic carboxylic acids is 1. The molecular formula is C14H8Cl2N2O5. The highest BCUT2D eigenvalue weighted by Crippen LogP contribution is 2.26. The first kappa shape index (κ1) is 16.7. The lowest BCUT2D eigenvalue weighted by Crippen LogP contribution is -2.12. The summed E-state index contributed by atoms with van der Waals surface area (Å²) in [6.07, 6.45) is 0. The van der Waals surface area contributed by atoms with Crippen molar-refractivity contribution < 1.29 is 19.6 Å². The van der Waals surface area contributed by atoms with E-state index in [2.05, 4.69) is 5.32 Å². The number of anilines is 1. The standard InChI is InChI=1S/C14H8Cl2N2O5/c15-10-4-1-7(5-12(10)18(22)23)13(19)17-8-2-3-9(14(20)21)11(16)6-8/h1-6H,(H,17,19)(H,20,21). The number of benzene rings is 2. The van der Waals surface area contributed by atoms with Gasteiger partial charge < -0.3 is 10.4 Å². The van der Waals surface area contributed by atoms with Crippen LogP contribution in [0.1, 0.15) is 20.7 Å². The third-order valence-electron chi connectivity index (χ3n) is 2.86. The number of hydrogen-bond donors (Lipinski definition) is 2. The molecule has 0 atom stereocenters. The molecule has 9 heteroatoms. The monoisotopic (exact) mass is 354 g/mol. The highest BCUT2D eigenvalue weighted by atomic mass is 35.5. The molecule has 118 valence electrons. The van der Waals surface area contributed by atoms with Gasteiger partial charge in [0.1, 0.15) is 5.02 Å². The number of nitro benzene ring substituents is 1. The number of rotatable bonds is 4. The van der Waals surface area contributed by atoms with E-state index in [1.54, 1.807) is 0 Å². The highest BCUT2D eigenvalue weighted by Gasteiger charge is 2.17. The van der Waals surface area contributed by atoms with Crippen LogP contribution >= 0.6 is 23.2 Å². The van der Waals surface area contributed by atoms with E-state index < -0.39 is 22.5 Å². The molecule has 23 heavy (non-hydrogen) atoms. The van der Waals surface area contributed by atoms with Crippen LogP contribution in [0.4, 0.5) is 11.4 Å². The molecule has 0 radical (unpaired) electrons. The van der Waals surface area contributed by atoms with Gasteiger partial charge in [0, 0.05) is 17.3 Å². The molecule has 0 bridgehead atoms. The normalized spacial score (nSPS) is 10.2. The minimum Gasteiger partial charge on any atom is -0.478 e. The minimum atomic E-state index is -1.19. The number of carbonyl (C=O) groups is 2. The van der Waals surface area contributed by atoms with Crippen LogP contribution in [0.15, 0.2) is 36.4 Å². The number of carboxylic acids is 1. The highest BCUT2D eigenvalue weighted by molar-refractivity contribution is 6.34. The molecule has 2 aromatic carbocycles. The van der Waals surface area contributed by atoms with Gasteiger partial charge in [0.25, 0.3) is 11.6 Å². The summed E-state index contributed by atoms with van der Waals surface area (Å²) in [5, 5.41) is 22.0. The van der Waals surface area contributed by atoms with Crippen molar-refractivity contribution in [3.05, 3.63) is 67.7 Å². The van der Waals surface area contributed by atoms with Gasteiger partial charge in [-0.15, -0.1) is 0 Å². The van der Waals surface area contributed by atoms with E-state index in [0.29, 0.717) is 0 Å². The average Bonchev–Trinajstić information content (AvgIpc) is 2.46. The first-order chi connectivity index (χ1) is 10.8. The summed E-state index contributed by atoms with van der Waals surface area (Å²) in [4.78, 5) is 33.1. The quantitative estimate of drug-likeness (QED) is 0.639. The van der Waals surface area contributed by atoms with Gasteiger partial charge >= 0.3 is 5.97 Å². The molecule has 0 heterocycles. The lowest BCUT2D eigenvalue weighted by molar-refractivity contribution is -0.384. The summed E-state index contributed by atoms with van der Waals surface area (Å²) >= 11 is 11.5. The zero-order chi connectivity index (χ0) is 17.1. The van der Waals surface area contributed by atoms with Crippen LogP contribution in [0, 0.1) is 10.1 Å². The van der Waals surface area contributed by atoms with Crippen LogP contribution in [0.5, 0.6) is 0 Å². The number of amides is 1. The molecule has 0 spiro atoms. The third kappa shape index (κ3) is 3.77. The van der Waals surface area contributed by atoms with Crippen molar-refractivity contribution in [2.75, 3.05) is 5.32 Å². The summed E-state index contributed by atoms with van der Waals surface area (Å²) in [6, 6.07) is 7.49. The number of nitro groups is 1. The second-order valence-electron chi connectivity index (χ2n) is 4.38. The van der Waals surface area contributed by atoms with Crippen molar-refractivity contribution in [3.63, 3.8) is 0 Å². The molecule has 1 amide bonds. The second-order valence-corrected chi connectivity index (χ2v) is 5.19. The van der Waals surface area contributed by atoms with Crippen LogP contribution in [-0.2, 0) is 0 Å². The zero-order valence-electron chi connectivity index (χ0n) is 11.2. The molecule has 0 aliphatic heterocycles. The van der Waals surface area contributed by atoms with Crippen molar-refractivity contribution in [1.82, 2.24) is 0 Å². The largest absolute Gasteiger partial charge is 0.478 e. The van der Waals surface area contributed by atoms with E-state index in [1.807, 2.05) is 0 Å². The van der Waals surface area contributed by atoms with Crippen LogP contribution in [0.25, 0.3) is 0 Å². The summed E-state index contributed by atoms with van der Waals surface area (Å²) in [5.74, 6) is -1.81. The predicted octanol–water partition coefficient (Wildman–Crippen LogP) is 3.85. The maximum absolute atomic E-state index is 12.1. The molecule has 0 saturated carbocycles. The van der Waals surface area contributed by atoms with Gasteiger partial charge in [0.15, 0.2) is 0 Å². The van der Waals surface area contributed by atoms with Crippen LogP contribution < -0.4 is 5.32 Å². The Bertz CT molecular complexity index is 823. The van der Waals surface area contributed by atoms with Gasteiger partial charge in [0.05, 0.1) is 15.5 Å². The number of halogens is 2. The lowest BCUT2D eigenvalue weighted by Gasteiger charge is -2.07. The fourth-order valence-corrected chi connectivity index (χ4v) is 2.21. The first-order valence-electron chi connectivity index (χ1n) is 6.07. The Morgan fingerprint density at radius 1 is 1.09 bits per heavy atom. The summed E-state index contributed by atoms with van der Waals surface area (Å²) in [6.45, 7) is 0. The van der Waals surface area contributed by atoms with E-state index in [-0.39, 0.29) is 26.9 Å². The van der Waals surface area contributed by atoms with Gasteiger partial charge in [-0.2, -0.15) is 0 Å². The van der Waals surface area contributed by atoms with E-state index in [4.69, 9.17) is 28.3 Å². The van der Waals surface area contributed by atoms with Gasteiger partial charge in [0.2, 0.25) is 0 Å². The second kappa shape index (κ2) is 6.64. The van der Waals surface area contributed by atoms with E-state index in [1.165, 1.54) is 30.3 Å². The molecule has 0 aliphatic carbocycles. The van der Waals surface area contributed by atoms with Gasteiger partial charge in [-0.3, -0.25) is 14.9 Å². The maximum atomic E-state index is 12.1. The Balaban J connectivity index is 2.26. The van der Waals surface area contributed by atoms with E-state index in [0.717, 1.165) is 6.07 Å². The Kier molecular flexibility index (Phi) is 4.83. The topological polar surface area (TPSA) is 110 Å². The predicted molar refractivity (Wildman–Crippen MR) is 84.5 cm³/mol. The molecule has 0 saturated heterocycles. The minimum absolute atomic E-state index is 0.0273. The molecule has 2 rings (SSSR count). The maximum Gasteiger partial charge on any atom is 0.337 e. The molecule has 0 aliphatic rings. The Morgan fingerprint density at radius 3 is 2.35 bits per heavy atom. The molecule has 2 aromatic rings. The fourth-order valence-electron chi connectivity index (χ4n) is 1.76. The van der Waals surface area contributed by atoms with Gasteiger partial charge in [-0.05, 0) is 30.3 Å². The zero-order valence-corrected chi connectivity index (χ0v) is 12.8. The van der Waals surface area contributed by atoms with E-state index in [9.17, 15) is 19.7 Å². The molecule has 2 N–H and O–H groups in total. The summed E-state index contributed by atoms with van der Waals surface area (Å²) < 4.78 is 0. The van der Waals surface area contributed by atoms with Crippen LogP contribution in [0.3, 0.4) is 0 Å². The number of carbonyl (C=O) groups excluding carboxylic acids is 1. The molecule has 7 nitrogen and oxygen atoms in total. The molecule has 0 fully saturated rings. The first-order valence-corrected chi connectivity index (χ1v) is 6.83. The average molecular weight is 355 g/mol. The van der Waals surface area contributed by atoms with Crippen molar-refractivity contribution in [2.24, 2.45) is 0 Å². The molecule has 0 unspecified atom stereocenters. The lowest BCUT2D eigenvalue weighted by atomic mass is 10.1. The number of nitrogens with zero attached hydrogens (tertiary/aromatic N) is 1. The summed E-state index contributed by atoms with van der Waals surface area (Å²) in [7, 11) is 0. The smallest absolute Gasteiger partial charge is 0.337 e. The fraction of sp³-hybridized carbons (Fsp3) is 0. The Labute approximate surface area is 139 Å². The van der Waals surface area contributed by atoms with Gasteiger partial charge in [-0.1, -0.05) is 23.2 Å². The number of carboxylic acid groups (broad SMARTS) is 1.